The molecule has 2 aromatic rings. The number of benzene rings is 1. The average molecular weight is 203 g/mol. The molecular weight excluding hydrogens is 186 g/mol. The first-order valence-electron chi connectivity index (χ1n) is 5.53. The average Bonchev–Trinajstić information content (AvgIpc) is 2.67. The quantitative estimate of drug-likeness (QED) is 0.817. The number of aryl methyl sites for hydroxylation is 1. The molecule has 0 fully saturated rings. The lowest BCUT2D eigenvalue weighted by Gasteiger charge is -1.97. The van der Waals surface area contributed by atoms with E-state index in [0.717, 1.165) is 23.5 Å². The second-order valence-electron chi connectivity index (χ2n) is 3.82. The maximum Gasteiger partial charge on any atom is 0.134 e. The Morgan fingerprint density at radius 3 is 2.87 bits per heavy atom. The van der Waals surface area contributed by atoms with E-state index in [1.54, 1.807) is 0 Å². The van der Waals surface area contributed by atoms with Crippen molar-refractivity contribution in [3.05, 3.63) is 30.0 Å². The van der Waals surface area contributed by atoms with Gasteiger partial charge in [0.2, 0.25) is 0 Å². The molecule has 0 saturated heterocycles. The molecule has 2 rings (SSSR count). The van der Waals surface area contributed by atoms with E-state index in [0.29, 0.717) is 0 Å². The summed E-state index contributed by atoms with van der Waals surface area (Å²) < 4.78 is 5.74. The molecule has 80 valence electrons. The fraction of sp³-hybridized carbons (Fsp3) is 0.385. The maximum atomic E-state index is 5.74. The zero-order valence-corrected chi connectivity index (χ0v) is 9.34. The highest BCUT2D eigenvalue weighted by molar-refractivity contribution is 5.81. The van der Waals surface area contributed by atoms with E-state index in [1.165, 1.54) is 18.2 Å². The monoisotopic (exact) mass is 203 g/mol. The van der Waals surface area contributed by atoms with E-state index in [9.17, 15) is 0 Å². The lowest BCUT2D eigenvalue weighted by Crippen LogP contribution is -1.85. The minimum atomic E-state index is 0.986. The molecule has 0 spiro atoms. The van der Waals surface area contributed by atoms with Gasteiger partial charge in [-0.1, -0.05) is 13.3 Å². The summed E-state index contributed by atoms with van der Waals surface area (Å²) in [5.74, 6) is 1.10. The third kappa shape index (κ3) is 2.14. The number of unbranched alkanes of at least 4 members (excludes halogenated alkanes) is 1. The Bertz CT molecular complexity index is 445. The zero-order valence-electron chi connectivity index (χ0n) is 9.34. The third-order valence-corrected chi connectivity index (χ3v) is 2.63. The molecule has 1 aromatic heterocycles. The first kappa shape index (κ1) is 10.1. The molecule has 0 unspecified atom stereocenters. The molecule has 0 aliphatic carbocycles. The van der Waals surface area contributed by atoms with Gasteiger partial charge >= 0.3 is 0 Å². The van der Waals surface area contributed by atoms with Crippen LogP contribution in [0.2, 0.25) is 0 Å². The summed E-state index contributed by atoms with van der Waals surface area (Å²) in [6, 6.07) is 8.33. The molecule has 2 nitrogen and oxygen atoms in total. The standard InChI is InChI=1S/C13H17NO/c1-3-4-5-12-9-10-8-11(14-2)6-7-13(10)15-12/h6-9,14H,3-5H2,1-2H3. The Morgan fingerprint density at radius 2 is 2.13 bits per heavy atom. The van der Waals surface area contributed by atoms with Crippen LogP contribution in [-0.2, 0) is 6.42 Å². The van der Waals surface area contributed by atoms with Gasteiger partial charge < -0.3 is 9.73 Å². The van der Waals surface area contributed by atoms with Crippen molar-refractivity contribution in [3.63, 3.8) is 0 Å². The van der Waals surface area contributed by atoms with Crippen LogP contribution >= 0.6 is 0 Å². The minimum absolute atomic E-state index is 0.986. The van der Waals surface area contributed by atoms with E-state index < -0.39 is 0 Å². The van der Waals surface area contributed by atoms with E-state index >= 15 is 0 Å². The van der Waals surface area contributed by atoms with Crippen LogP contribution in [-0.4, -0.2) is 7.05 Å². The number of rotatable bonds is 4. The van der Waals surface area contributed by atoms with Gasteiger partial charge in [-0.25, -0.2) is 0 Å². The Balaban J connectivity index is 2.29. The zero-order chi connectivity index (χ0) is 10.7. The van der Waals surface area contributed by atoms with Gasteiger partial charge in [0.1, 0.15) is 11.3 Å². The SMILES string of the molecule is CCCCc1cc2cc(NC)ccc2o1. The lowest BCUT2D eigenvalue weighted by atomic mass is 10.2. The summed E-state index contributed by atoms with van der Waals surface area (Å²) in [4.78, 5) is 0. The Morgan fingerprint density at radius 1 is 1.27 bits per heavy atom. The number of nitrogens with one attached hydrogen (secondary N) is 1. The van der Waals surface area contributed by atoms with Crippen molar-refractivity contribution in [1.29, 1.82) is 0 Å². The normalized spacial score (nSPS) is 10.8. The lowest BCUT2D eigenvalue weighted by molar-refractivity contribution is 0.536. The van der Waals surface area contributed by atoms with Crippen LogP contribution in [0.25, 0.3) is 11.0 Å². The van der Waals surface area contributed by atoms with Gasteiger partial charge in [-0.2, -0.15) is 0 Å². The number of fused-ring (bicyclic) bond motifs is 1. The fourth-order valence-electron chi connectivity index (χ4n) is 1.73. The molecule has 1 heterocycles. The van der Waals surface area contributed by atoms with Crippen LogP contribution in [0.1, 0.15) is 25.5 Å². The highest BCUT2D eigenvalue weighted by Crippen LogP contribution is 2.23. The van der Waals surface area contributed by atoms with Gasteiger partial charge in [-0.05, 0) is 30.7 Å². The van der Waals surface area contributed by atoms with Crippen LogP contribution in [0.4, 0.5) is 5.69 Å². The summed E-state index contributed by atoms with van der Waals surface area (Å²) >= 11 is 0. The van der Waals surface area contributed by atoms with Crippen molar-refractivity contribution < 1.29 is 4.42 Å². The molecule has 0 saturated carbocycles. The fourth-order valence-corrected chi connectivity index (χ4v) is 1.73. The van der Waals surface area contributed by atoms with Crippen molar-refractivity contribution in [2.75, 3.05) is 12.4 Å². The highest BCUT2D eigenvalue weighted by Gasteiger charge is 2.03. The molecule has 1 N–H and O–H groups in total. The first-order valence-corrected chi connectivity index (χ1v) is 5.53. The molecule has 0 bridgehead atoms. The van der Waals surface area contributed by atoms with Crippen LogP contribution in [0.3, 0.4) is 0 Å². The van der Waals surface area contributed by atoms with Gasteiger partial charge in [-0.15, -0.1) is 0 Å². The van der Waals surface area contributed by atoms with Crippen molar-refractivity contribution in [2.45, 2.75) is 26.2 Å². The van der Waals surface area contributed by atoms with Gasteiger partial charge in [0, 0.05) is 24.5 Å². The Labute approximate surface area is 90.3 Å². The van der Waals surface area contributed by atoms with Crippen LogP contribution in [0.5, 0.6) is 0 Å². The predicted octanol–water partition coefficient (Wildman–Crippen LogP) is 3.82. The topological polar surface area (TPSA) is 25.2 Å². The molecule has 15 heavy (non-hydrogen) atoms. The largest absolute Gasteiger partial charge is 0.461 e. The molecular formula is C13H17NO. The van der Waals surface area contributed by atoms with Crippen LogP contribution < -0.4 is 5.32 Å². The van der Waals surface area contributed by atoms with Gasteiger partial charge in [0.25, 0.3) is 0 Å². The minimum Gasteiger partial charge on any atom is -0.461 e. The molecule has 0 radical (unpaired) electrons. The molecule has 0 atom stereocenters. The van der Waals surface area contributed by atoms with Gasteiger partial charge in [0.05, 0.1) is 0 Å². The Hall–Kier alpha value is -1.44. The van der Waals surface area contributed by atoms with Crippen molar-refractivity contribution >= 4 is 16.7 Å². The Kier molecular flexibility index (Phi) is 2.95. The predicted molar refractivity (Wildman–Crippen MR) is 64.4 cm³/mol. The number of hydrogen-bond acceptors (Lipinski definition) is 2. The first-order chi connectivity index (χ1) is 7.33. The molecule has 0 amide bonds. The van der Waals surface area contributed by atoms with Crippen LogP contribution in [0.15, 0.2) is 28.7 Å². The van der Waals surface area contributed by atoms with E-state index in [2.05, 4.69) is 24.4 Å². The smallest absolute Gasteiger partial charge is 0.134 e. The van der Waals surface area contributed by atoms with Gasteiger partial charge in [0.15, 0.2) is 0 Å². The summed E-state index contributed by atoms with van der Waals surface area (Å²) in [5.41, 5.74) is 2.12. The molecule has 1 aromatic carbocycles. The highest BCUT2D eigenvalue weighted by atomic mass is 16.3. The second kappa shape index (κ2) is 4.39. The van der Waals surface area contributed by atoms with Crippen molar-refractivity contribution in [1.82, 2.24) is 0 Å². The summed E-state index contributed by atoms with van der Waals surface area (Å²) in [7, 11) is 1.93. The van der Waals surface area contributed by atoms with E-state index in [-0.39, 0.29) is 0 Å². The third-order valence-electron chi connectivity index (χ3n) is 2.63. The van der Waals surface area contributed by atoms with E-state index in [1.807, 2.05) is 19.2 Å². The number of furan rings is 1. The summed E-state index contributed by atoms with van der Waals surface area (Å²) in [6.45, 7) is 2.20. The molecule has 0 aliphatic heterocycles. The summed E-state index contributed by atoms with van der Waals surface area (Å²) in [5, 5.41) is 4.32. The van der Waals surface area contributed by atoms with E-state index in [4.69, 9.17) is 4.42 Å². The summed E-state index contributed by atoms with van der Waals surface area (Å²) in [6.07, 6.45) is 3.44. The van der Waals surface area contributed by atoms with Gasteiger partial charge in [-0.3, -0.25) is 0 Å². The number of hydrogen-bond donors (Lipinski definition) is 1. The number of anilines is 1. The molecule has 0 aliphatic rings. The second-order valence-corrected chi connectivity index (χ2v) is 3.82. The van der Waals surface area contributed by atoms with Crippen molar-refractivity contribution in [2.24, 2.45) is 0 Å². The molecule has 2 heteroatoms. The van der Waals surface area contributed by atoms with Crippen LogP contribution in [0, 0.1) is 0 Å². The maximum absolute atomic E-state index is 5.74. The van der Waals surface area contributed by atoms with Crippen molar-refractivity contribution in [3.8, 4) is 0 Å².